The maximum atomic E-state index is 12.2. The van der Waals surface area contributed by atoms with Gasteiger partial charge in [0.25, 0.3) is 5.91 Å². The number of benzene rings is 1. The van der Waals surface area contributed by atoms with Crippen LogP contribution in [0.4, 0.5) is 5.69 Å². The molecule has 0 saturated heterocycles. The SMILES string of the molecule is C[C@@H](OC(=O)c1ccccc1[S@](C)=O)C(=O)Nc1cccnc1Cl. The van der Waals surface area contributed by atoms with E-state index in [2.05, 4.69) is 10.3 Å². The van der Waals surface area contributed by atoms with Gasteiger partial charge in [0, 0.05) is 12.5 Å². The van der Waals surface area contributed by atoms with Gasteiger partial charge in [-0.15, -0.1) is 0 Å². The van der Waals surface area contributed by atoms with Crippen LogP contribution in [0.1, 0.15) is 17.3 Å². The van der Waals surface area contributed by atoms with Gasteiger partial charge in [0.1, 0.15) is 0 Å². The van der Waals surface area contributed by atoms with Crippen LogP contribution in [0.25, 0.3) is 0 Å². The first-order valence-electron chi connectivity index (χ1n) is 6.95. The summed E-state index contributed by atoms with van der Waals surface area (Å²) in [6.45, 7) is 1.43. The Hall–Kier alpha value is -2.25. The first-order chi connectivity index (χ1) is 11.4. The molecule has 0 spiro atoms. The fourth-order valence-electron chi connectivity index (χ4n) is 1.88. The van der Waals surface area contributed by atoms with Crippen molar-refractivity contribution in [3.63, 3.8) is 0 Å². The Morgan fingerprint density at radius 1 is 1.25 bits per heavy atom. The number of nitrogens with one attached hydrogen (secondary N) is 1. The van der Waals surface area contributed by atoms with Crippen molar-refractivity contribution in [3.8, 4) is 0 Å². The number of carbonyl (C=O) groups excluding carboxylic acids is 2. The zero-order chi connectivity index (χ0) is 17.7. The molecule has 0 bridgehead atoms. The molecule has 0 fully saturated rings. The Morgan fingerprint density at radius 3 is 2.62 bits per heavy atom. The summed E-state index contributed by atoms with van der Waals surface area (Å²) in [4.78, 5) is 28.5. The number of ether oxygens (including phenoxy) is 1. The number of nitrogens with zero attached hydrogens (tertiary/aromatic N) is 1. The lowest BCUT2D eigenvalue weighted by atomic mass is 10.2. The monoisotopic (exact) mass is 366 g/mol. The van der Waals surface area contributed by atoms with Gasteiger partial charge >= 0.3 is 5.97 Å². The van der Waals surface area contributed by atoms with Crippen LogP contribution in [0.3, 0.4) is 0 Å². The van der Waals surface area contributed by atoms with Crippen LogP contribution in [0.5, 0.6) is 0 Å². The zero-order valence-electron chi connectivity index (χ0n) is 13.0. The Kier molecular flexibility index (Phi) is 6.05. The van der Waals surface area contributed by atoms with E-state index in [4.69, 9.17) is 16.3 Å². The summed E-state index contributed by atoms with van der Waals surface area (Å²) < 4.78 is 16.8. The number of hydrogen-bond donors (Lipinski definition) is 1. The molecule has 6 nitrogen and oxygen atoms in total. The first-order valence-corrected chi connectivity index (χ1v) is 8.88. The van der Waals surface area contributed by atoms with E-state index in [1.807, 2.05) is 0 Å². The van der Waals surface area contributed by atoms with Crippen molar-refractivity contribution < 1.29 is 18.5 Å². The first kappa shape index (κ1) is 18.1. The molecule has 0 unspecified atom stereocenters. The minimum atomic E-state index is -1.35. The van der Waals surface area contributed by atoms with Crippen molar-refractivity contribution in [2.24, 2.45) is 0 Å². The van der Waals surface area contributed by atoms with Gasteiger partial charge in [0.2, 0.25) is 0 Å². The van der Waals surface area contributed by atoms with Crippen molar-refractivity contribution in [2.75, 3.05) is 11.6 Å². The number of pyridine rings is 1. The molecule has 1 amide bonds. The average Bonchev–Trinajstić information content (AvgIpc) is 2.56. The van der Waals surface area contributed by atoms with Crippen LogP contribution >= 0.6 is 11.6 Å². The molecule has 2 atom stereocenters. The van der Waals surface area contributed by atoms with E-state index in [-0.39, 0.29) is 10.7 Å². The fourth-order valence-corrected chi connectivity index (χ4v) is 2.77. The molecule has 0 radical (unpaired) electrons. The third-order valence-corrected chi connectivity index (χ3v) is 4.36. The van der Waals surface area contributed by atoms with Crippen LogP contribution in [0, 0.1) is 0 Å². The number of anilines is 1. The lowest BCUT2D eigenvalue weighted by Gasteiger charge is -2.15. The standard InChI is InChI=1S/C16H15ClN2O4S/c1-10(15(20)19-12-7-5-9-18-14(12)17)23-16(21)11-6-3-4-8-13(11)24(2)22/h3-10H,1-2H3,(H,19,20)/t10-,24+/m1/s1. The molecule has 1 heterocycles. The van der Waals surface area contributed by atoms with Crippen LogP contribution in [0.2, 0.25) is 5.15 Å². The molecule has 24 heavy (non-hydrogen) atoms. The second-order valence-electron chi connectivity index (χ2n) is 4.83. The third-order valence-electron chi connectivity index (χ3n) is 3.09. The second kappa shape index (κ2) is 8.03. The topological polar surface area (TPSA) is 85.4 Å². The van der Waals surface area contributed by atoms with Crippen molar-refractivity contribution >= 4 is 40.0 Å². The second-order valence-corrected chi connectivity index (χ2v) is 6.53. The molecule has 126 valence electrons. The Morgan fingerprint density at radius 2 is 1.96 bits per heavy atom. The van der Waals surface area contributed by atoms with Crippen LogP contribution in [-0.2, 0) is 20.3 Å². The third kappa shape index (κ3) is 4.39. The summed E-state index contributed by atoms with van der Waals surface area (Å²) in [5, 5.41) is 2.67. The van der Waals surface area contributed by atoms with Gasteiger partial charge in [0.05, 0.1) is 26.9 Å². The Bertz CT molecular complexity index is 797. The summed E-state index contributed by atoms with van der Waals surface area (Å²) in [5.74, 6) is -1.27. The highest BCUT2D eigenvalue weighted by molar-refractivity contribution is 7.84. The molecular formula is C16H15ClN2O4S. The largest absolute Gasteiger partial charge is 0.449 e. The van der Waals surface area contributed by atoms with Crippen molar-refractivity contribution in [1.82, 2.24) is 4.98 Å². The van der Waals surface area contributed by atoms with Crippen LogP contribution < -0.4 is 5.32 Å². The molecule has 1 aromatic carbocycles. The highest BCUT2D eigenvalue weighted by Crippen LogP contribution is 2.19. The van der Waals surface area contributed by atoms with Gasteiger partial charge in [-0.3, -0.25) is 9.00 Å². The molecule has 8 heteroatoms. The highest BCUT2D eigenvalue weighted by atomic mass is 35.5. The molecule has 0 aliphatic rings. The Balaban J connectivity index is 2.08. The summed E-state index contributed by atoms with van der Waals surface area (Å²) in [6, 6.07) is 9.58. The van der Waals surface area contributed by atoms with E-state index in [0.717, 1.165) is 0 Å². The average molecular weight is 367 g/mol. The minimum Gasteiger partial charge on any atom is -0.449 e. The summed E-state index contributed by atoms with van der Waals surface area (Å²) in [7, 11) is -1.35. The predicted molar refractivity (Wildman–Crippen MR) is 91.5 cm³/mol. The van der Waals surface area contributed by atoms with E-state index >= 15 is 0 Å². The molecular weight excluding hydrogens is 352 g/mol. The highest BCUT2D eigenvalue weighted by Gasteiger charge is 2.22. The fraction of sp³-hybridized carbons (Fsp3) is 0.188. The van der Waals surface area contributed by atoms with E-state index in [9.17, 15) is 13.8 Å². The molecule has 0 aliphatic heterocycles. The maximum absolute atomic E-state index is 12.2. The molecule has 2 aromatic rings. The summed E-state index contributed by atoms with van der Waals surface area (Å²) in [6.07, 6.45) is 1.89. The number of rotatable bonds is 5. The Labute approximate surface area is 146 Å². The van der Waals surface area contributed by atoms with Crippen molar-refractivity contribution in [2.45, 2.75) is 17.9 Å². The van der Waals surface area contributed by atoms with Gasteiger partial charge in [-0.05, 0) is 31.2 Å². The van der Waals surface area contributed by atoms with Crippen LogP contribution in [-0.4, -0.2) is 33.4 Å². The normalized spacial score (nSPS) is 13.0. The molecule has 2 rings (SSSR count). The van der Waals surface area contributed by atoms with E-state index in [1.54, 1.807) is 30.3 Å². The zero-order valence-corrected chi connectivity index (χ0v) is 14.6. The van der Waals surface area contributed by atoms with E-state index in [0.29, 0.717) is 10.6 Å². The molecule has 0 saturated carbocycles. The maximum Gasteiger partial charge on any atom is 0.340 e. The molecule has 1 N–H and O–H groups in total. The lowest BCUT2D eigenvalue weighted by molar-refractivity contribution is -0.123. The summed E-state index contributed by atoms with van der Waals surface area (Å²) >= 11 is 5.86. The van der Waals surface area contributed by atoms with E-state index < -0.39 is 28.8 Å². The number of amides is 1. The van der Waals surface area contributed by atoms with Crippen molar-refractivity contribution in [1.29, 1.82) is 0 Å². The smallest absolute Gasteiger partial charge is 0.340 e. The van der Waals surface area contributed by atoms with Gasteiger partial charge in [-0.1, -0.05) is 23.7 Å². The van der Waals surface area contributed by atoms with Gasteiger partial charge < -0.3 is 10.1 Å². The van der Waals surface area contributed by atoms with E-state index in [1.165, 1.54) is 25.4 Å². The van der Waals surface area contributed by atoms with Gasteiger partial charge in [-0.2, -0.15) is 0 Å². The van der Waals surface area contributed by atoms with Gasteiger partial charge in [0.15, 0.2) is 11.3 Å². The molecule has 0 aliphatic carbocycles. The number of esters is 1. The molecule has 1 aromatic heterocycles. The summed E-state index contributed by atoms with van der Waals surface area (Å²) in [5.41, 5.74) is 0.486. The van der Waals surface area contributed by atoms with Crippen LogP contribution in [0.15, 0.2) is 47.5 Å². The number of carbonyl (C=O) groups is 2. The number of aromatic nitrogens is 1. The van der Waals surface area contributed by atoms with Crippen molar-refractivity contribution in [3.05, 3.63) is 53.3 Å². The number of halogens is 1. The quantitative estimate of drug-likeness (QED) is 0.649. The minimum absolute atomic E-state index is 0.135. The predicted octanol–water partition coefficient (Wildman–Crippen LogP) is 2.66. The lowest BCUT2D eigenvalue weighted by Crippen LogP contribution is -2.30. The van der Waals surface area contributed by atoms with Gasteiger partial charge in [-0.25, -0.2) is 9.78 Å². The number of hydrogen-bond acceptors (Lipinski definition) is 5.